The van der Waals surface area contributed by atoms with E-state index in [2.05, 4.69) is 9.88 Å². The van der Waals surface area contributed by atoms with Crippen LogP contribution in [0.2, 0.25) is 0 Å². The average molecular weight is 262 g/mol. The lowest BCUT2D eigenvalue weighted by Gasteiger charge is -2.36. The van der Waals surface area contributed by atoms with E-state index in [4.69, 9.17) is 5.73 Å². The molecule has 1 fully saturated rings. The van der Waals surface area contributed by atoms with E-state index < -0.39 is 0 Å². The highest BCUT2D eigenvalue weighted by molar-refractivity contribution is 5.79. The molecule has 2 rings (SSSR count). The van der Waals surface area contributed by atoms with Crippen molar-refractivity contribution in [1.29, 1.82) is 0 Å². The molecule has 2 N–H and O–H groups in total. The number of rotatable bonds is 4. The Balaban J connectivity index is 1.91. The van der Waals surface area contributed by atoms with E-state index in [1.807, 2.05) is 30.0 Å². The topological polar surface area (TPSA) is 62.5 Å². The third-order valence-corrected chi connectivity index (χ3v) is 3.69. The lowest BCUT2D eigenvalue weighted by atomic mass is 10.0. The van der Waals surface area contributed by atoms with Crippen molar-refractivity contribution in [3.05, 3.63) is 24.4 Å². The second-order valence-corrected chi connectivity index (χ2v) is 4.84. The number of aromatic nitrogens is 1. The first kappa shape index (κ1) is 13.8. The molecule has 1 aliphatic heterocycles. The number of carbonyl (C=O) groups excluding carboxylic acids is 1. The van der Waals surface area contributed by atoms with Gasteiger partial charge in [0.1, 0.15) is 5.82 Å². The molecule has 2 heterocycles. The molecule has 1 aromatic heterocycles. The maximum Gasteiger partial charge on any atom is 0.227 e. The number of hydrogen-bond donors (Lipinski definition) is 1. The molecule has 19 heavy (non-hydrogen) atoms. The van der Waals surface area contributed by atoms with Gasteiger partial charge in [-0.1, -0.05) is 13.0 Å². The molecule has 5 nitrogen and oxygen atoms in total. The summed E-state index contributed by atoms with van der Waals surface area (Å²) in [5.41, 5.74) is 5.64. The monoisotopic (exact) mass is 262 g/mol. The third kappa shape index (κ3) is 3.23. The van der Waals surface area contributed by atoms with E-state index in [-0.39, 0.29) is 11.8 Å². The number of amides is 1. The number of piperazine rings is 1. The van der Waals surface area contributed by atoms with Gasteiger partial charge in [-0.15, -0.1) is 0 Å². The van der Waals surface area contributed by atoms with Gasteiger partial charge in [-0.2, -0.15) is 0 Å². The Morgan fingerprint density at radius 1 is 1.37 bits per heavy atom. The molecule has 0 radical (unpaired) electrons. The van der Waals surface area contributed by atoms with Crippen LogP contribution in [0.15, 0.2) is 24.4 Å². The van der Waals surface area contributed by atoms with E-state index in [0.29, 0.717) is 6.54 Å². The van der Waals surface area contributed by atoms with Gasteiger partial charge in [0.25, 0.3) is 0 Å². The molecule has 5 heteroatoms. The lowest BCUT2D eigenvalue weighted by molar-refractivity contribution is -0.135. The first-order valence-electron chi connectivity index (χ1n) is 6.91. The van der Waals surface area contributed by atoms with Gasteiger partial charge in [-0.25, -0.2) is 4.98 Å². The molecule has 1 atom stereocenters. The van der Waals surface area contributed by atoms with Gasteiger partial charge in [-0.3, -0.25) is 4.79 Å². The number of pyridine rings is 1. The summed E-state index contributed by atoms with van der Waals surface area (Å²) in [5, 5.41) is 0. The molecule has 0 aromatic carbocycles. The van der Waals surface area contributed by atoms with Crippen molar-refractivity contribution < 1.29 is 4.79 Å². The molecular weight excluding hydrogens is 240 g/mol. The summed E-state index contributed by atoms with van der Waals surface area (Å²) in [6.45, 7) is 5.64. The van der Waals surface area contributed by atoms with Crippen LogP contribution in [0.1, 0.15) is 13.3 Å². The maximum atomic E-state index is 12.2. The van der Waals surface area contributed by atoms with Crippen molar-refractivity contribution in [3.8, 4) is 0 Å². The molecule has 0 spiro atoms. The van der Waals surface area contributed by atoms with E-state index in [1.54, 1.807) is 6.20 Å². The van der Waals surface area contributed by atoms with Crippen molar-refractivity contribution in [3.63, 3.8) is 0 Å². The molecular formula is C14H22N4O. The number of carbonyl (C=O) groups is 1. The summed E-state index contributed by atoms with van der Waals surface area (Å²) in [6.07, 6.45) is 2.62. The summed E-state index contributed by atoms with van der Waals surface area (Å²) in [4.78, 5) is 20.7. The Morgan fingerprint density at radius 2 is 2.11 bits per heavy atom. The summed E-state index contributed by atoms with van der Waals surface area (Å²) in [5.74, 6) is 1.16. The first-order valence-corrected chi connectivity index (χ1v) is 6.91. The van der Waals surface area contributed by atoms with E-state index in [0.717, 1.165) is 38.4 Å². The standard InChI is InChI=1S/C14H22N4O/c1-2-12(11-15)14(19)18-9-7-17(8-10-18)13-5-3-4-6-16-13/h3-6,12H,2,7-11,15H2,1H3. The predicted molar refractivity (Wildman–Crippen MR) is 75.9 cm³/mol. The minimum absolute atomic E-state index is 0.0265. The fraction of sp³-hybridized carbons (Fsp3) is 0.571. The van der Waals surface area contributed by atoms with Gasteiger partial charge in [0, 0.05) is 38.9 Å². The lowest BCUT2D eigenvalue weighted by Crippen LogP contribution is -2.51. The molecule has 1 aromatic rings. The largest absolute Gasteiger partial charge is 0.353 e. The Bertz CT molecular complexity index is 397. The van der Waals surface area contributed by atoms with E-state index in [1.165, 1.54) is 0 Å². The molecule has 0 bridgehead atoms. The van der Waals surface area contributed by atoms with Crippen LogP contribution in [0, 0.1) is 5.92 Å². The van der Waals surface area contributed by atoms with Crippen LogP contribution in [0.5, 0.6) is 0 Å². The Kier molecular flexibility index (Phi) is 4.74. The molecule has 0 aliphatic carbocycles. The van der Waals surface area contributed by atoms with Crippen LogP contribution in [-0.4, -0.2) is 48.5 Å². The number of anilines is 1. The van der Waals surface area contributed by atoms with Gasteiger partial charge >= 0.3 is 0 Å². The van der Waals surface area contributed by atoms with E-state index in [9.17, 15) is 4.79 Å². The van der Waals surface area contributed by atoms with Crippen molar-refractivity contribution in [2.45, 2.75) is 13.3 Å². The minimum atomic E-state index is -0.0265. The Labute approximate surface area is 114 Å². The number of hydrogen-bond acceptors (Lipinski definition) is 4. The highest BCUT2D eigenvalue weighted by Gasteiger charge is 2.25. The molecule has 104 valence electrons. The zero-order valence-corrected chi connectivity index (χ0v) is 11.5. The Morgan fingerprint density at radius 3 is 2.63 bits per heavy atom. The van der Waals surface area contributed by atoms with Crippen LogP contribution in [-0.2, 0) is 4.79 Å². The predicted octanol–water partition coefficient (Wildman–Crippen LogP) is 0.715. The second kappa shape index (κ2) is 6.52. The number of nitrogens with two attached hydrogens (primary N) is 1. The van der Waals surface area contributed by atoms with Crippen LogP contribution in [0.3, 0.4) is 0 Å². The second-order valence-electron chi connectivity index (χ2n) is 4.84. The number of nitrogens with zero attached hydrogens (tertiary/aromatic N) is 3. The molecule has 1 aliphatic rings. The first-order chi connectivity index (χ1) is 9.26. The fourth-order valence-corrected chi connectivity index (χ4v) is 2.40. The zero-order valence-electron chi connectivity index (χ0n) is 11.5. The Hall–Kier alpha value is -1.62. The quantitative estimate of drug-likeness (QED) is 0.868. The molecule has 0 saturated carbocycles. The third-order valence-electron chi connectivity index (χ3n) is 3.69. The highest BCUT2D eigenvalue weighted by Crippen LogP contribution is 2.14. The van der Waals surface area contributed by atoms with Gasteiger partial charge < -0.3 is 15.5 Å². The summed E-state index contributed by atoms with van der Waals surface area (Å²) < 4.78 is 0. The van der Waals surface area contributed by atoms with Crippen molar-refractivity contribution in [1.82, 2.24) is 9.88 Å². The van der Waals surface area contributed by atoms with Crippen LogP contribution in [0.4, 0.5) is 5.82 Å². The SMILES string of the molecule is CCC(CN)C(=O)N1CCN(c2ccccn2)CC1. The van der Waals surface area contributed by atoms with Crippen molar-refractivity contribution in [2.75, 3.05) is 37.6 Å². The minimum Gasteiger partial charge on any atom is -0.353 e. The fourth-order valence-electron chi connectivity index (χ4n) is 2.40. The average Bonchev–Trinajstić information content (AvgIpc) is 2.49. The van der Waals surface area contributed by atoms with Crippen LogP contribution in [0.25, 0.3) is 0 Å². The zero-order chi connectivity index (χ0) is 13.7. The highest BCUT2D eigenvalue weighted by atomic mass is 16.2. The van der Waals surface area contributed by atoms with Crippen LogP contribution >= 0.6 is 0 Å². The van der Waals surface area contributed by atoms with Crippen molar-refractivity contribution >= 4 is 11.7 Å². The summed E-state index contributed by atoms with van der Waals surface area (Å²) >= 11 is 0. The molecule has 1 saturated heterocycles. The van der Waals surface area contributed by atoms with Crippen molar-refractivity contribution in [2.24, 2.45) is 11.7 Å². The van der Waals surface area contributed by atoms with Gasteiger partial charge in [0.15, 0.2) is 0 Å². The van der Waals surface area contributed by atoms with Gasteiger partial charge in [-0.05, 0) is 18.6 Å². The van der Waals surface area contributed by atoms with Gasteiger partial charge in [0.05, 0.1) is 5.92 Å². The van der Waals surface area contributed by atoms with Crippen LogP contribution < -0.4 is 10.6 Å². The molecule has 1 amide bonds. The molecule has 1 unspecified atom stereocenters. The van der Waals surface area contributed by atoms with Gasteiger partial charge in [0.2, 0.25) is 5.91 Å². The smallest absolute Gasteiger partial charge is 0.227 e. The normalized spacial score (nSPS) is 17.4. The summed E-state index contributed by atoms with van der Waals surface area (Å²) in [7, 11) is 0. The van der Waals surface area contributed by atoms with E-state index >= 15 is 0 Å². The maximum absolute atomic E-state index is 12.2. The summed E-state index contributed by atoms with van der Waals surface area (Å²) in [6, 6.07) is 5.91.